The molecule has 2 atom stereocenters. The highest BCUT2D eigenvalue weighted by Crippen LogP contribution is 2.30. The molecular weight excluding hydrogens is 364 g/mol. The van der Waals surface area contributed by atoms with Crippen molar-refractivity contribution in [2.24, 2.45) is 5.92 Å². The number of carbonyl (C=O) groups excluding carboxylic acids is 2. The first-order chi connectivity index (χ1) is 14.1. The summed E-state index contributed by atoms with van der Waals surface area (Å²) in [6.07, 6.45) is 5.11. The summed E-state index contributed by atoms with van der Waals surface area (Å²) >= 11 is 0. The lowest BCUT2D eigenvalue weighted by Gasteiger charge is -2.39. The zero-order valence-corrected chi connectivity index (χ0v) is 17.4. The van der Waals surface area contributed by atoms with E-state index in [0.29, 0.717) is 24.7 Å². The first-order valence-corrected chi connectivity index (χ1v) is 10.8. The Morgan fingerprint density at radius 1 is 0.966 bits per heavy atom. The molecule has 2 unspecified atom stereocenters. The van der Waals surface area contributed by atoms with Crippen molar-refractivity contribution in [3.63, 3.8) is 0 Å². The normalized spacial score (nSPS) is 22.6. The number of hydrogen-bond donors (Lipinski definition) is 0. The Morgan fingerprint density at radius 3 is 2.52 bits per heavy atom. The van der Waals surface area contributed by atoms with E-state index in [2.05, 4.69) is 6.92 Å². The van der Waals surface area contributed by atoms with Crippen molar-refractivity contribution in [3.05, 3.63) is 42.0 Å². The Kier molecular flexibility index (Phi) is 5.74. The van der Waals surface area contributed by atoms with Gasteiger partial charge in [0.2, 0.25) is 5.91 Å². The van der Waals surface area contributed by atoms with Crippen molar-refractivity contribution in [2.45, 2.75) is 45.1 Å². The smallest absolute Gasteiger partial charge is 0.254 e. The van der Waals surface area contributed by atoms with Gasteiger partial charge in [0.1, 0.15) is 5.75 Å². The fraction of sp³-hybridized carbons (Fsp3) is 0.500. The number of nitrogens with zero attached hydrogens (tertiary/aromatic N) is 2. The lowest BCUT2D eigenvalue weighted by molar-refractivity contribution is -0.140. The van der Waals surface area contributed by atoms with Crippen LogP contribution in [0.15, 0.2) is 36.4 Å². The second-order valence-corrected chi connectivity index (χ2v) is 8.33. The molecule has 0 radical (unpaired) electrons. The Balaban J connectivity index is 1.55. The van der Waals surface area contributed by atoms with Gasteiger partial charge in [0, 0.05) is 36.6 Å². The molecule has 2 saturated heterocycles. The van der Waals surface area contributed by atoms with Crippen molar-refractivity contribution in [1.82, 2.24) is 9.80 Å². The fourth-order valence-electron chi connectivity index (χ4n) is 4.83. The average molecular weight is 395 g/mol. The highest BCUT2D eigenvalue weighted by molar-refractivity contribution is 6.08. The molecule has 2 heterocycles. The maximum Gasteiger partial charge on any atom is 0.254 e. The van der Waals surface area contributed by atoms with Crippen LogP contribution >= 0.6 is 0 Å². The molecule has 0 aromatic heterocycles. The van der Waals surface area contributed by atoms with Gasteiger partial charge in [-0.2, -0.15) is 0 Å². The van der Waals surface area contributed by atoms with Crippen LogP contribution in [0.2, 0.25) is 0 Å². The summed E-state index contributed by atoms with van der Waals surface area (Å²) in [5.41, 5.74) is 0.681. The summed E-state index contributed by atoms with van der Waals surface area (Å²) in [6, 6.07) is 11.9. The summed E-state index contributed by atoms with van der Waals surface area (Å²) in [5.74, 6) is 0.919. The van der Waals surface area contributed by atoms with E-state index >= 15 is 0 Å². The first kappa shape index (κ1) is 19.7. The Hall–Kier alpha value is -2.56. The molecule has 154 valence electrons. The highest BCUT2D eigenvalue weighted by atomic mass is 16.5. The van der Waals surface area contributed by atoms with Crippen LogP contribution in [0.5, 0.6) is 5.75 Å². The fourth-order valence-corrected chi connectivity index (χ4v) is 4.83. The SMILES string of the molecule is COc1ccc(C(=O)N2CCCC(C(=O)N3CCCCC3C)C2)c2ccccc12. The number of ether oxygens (including phenoxy) is 1. The van der Waals surface area contributed by atoms with Crippen LogP contribution in [-0.4, -0.2) is 54.4 Å². The average Bonchev–Trinajstić information content (AvgIpc) is 2.78. The molecule has 5 heteroatoms. The molecule has 0 saturated carbocycles. The van der Waals surface area contributed by atoms with Gasteiger partial charge in [0.25, 0.3) is 5.91 Å². The van der Waals surface area contributed by atoms with Crippen LogP contribution in [0.3, 0.4) is 0 Å². The minimum atomic E-state index is -0.0854. The van der Waals surface area contributed by atoms with Crippen LogP contribution in [0.4, 0.5) is 0 Å². The Labute approximate surface area is 172 Å². The van der Waals surface area contributed by atoms with Gasteiger partial charge in [-0.3, -0.25) is 9.59 Å². The predicted octanol–water partition coefficient (Wildman–Crippen LogP) is 4.10. The minimum absolute atomic E-state index is 0.00745. The van der Waals surface area contributed by atoms with Gasteiger partial charge in [0.05, 0.1) is 13.0 Å². The molecule has 2 amide bonds. The topological polar surface area (TPSA) is 49.9 Å². The van der Waals surface area contributed by atoms with E-state index in [0.717, 1.165) is 48.8 Å². The van der Waals surface area contributed by atoms with E-state index in [1.165, 1.54) is 6.42 Å². The Morgan fingerprint density at radius 2 is 1.76 bits per heavy atom. The molecule has 2 fully saturated rings. The second kappa shape index (κ2) is 8.44. The summed E-state index contributed by atoms with van der Waals surface area (Å²) in [5, 5.41) is 1.84. The molecule has 4 rings (SSSR count). The van der Waals surface area contributed by atoms with E-state index in [1.54, 1.807) is 7.11 Å². The molecule has 0 aliphatic carbocycles. The van der Waals surface area contributed by atoms with Gasteiger partial charge in [-0.1, -0.05) is 24.3 Å². The zero-order valence-electron chi connectivity index (χ0n) is 17.4. The van der Waals surface area contributed by atoms with Crippen molar-refractivity contribution in [2.75, 3.05) is 26.7 Å². The Bertz CT molecular complexity index is 910. The van der Waals surface area contributed by atoms with Crippen molar-refractivity contribution in [1.29, 1.82) is 0 Å². The van der Waals surface area contributed by atoms with Gasteiger partial charge >= 0.3 is 0 Å². The first-order valence-electron chi connectivity index (χ1n) is 10.8. The van der Waals surface area contributed by atoms with Crippen LogP contribution in [-0.2, 0) is 4.79 Å². The summed E-state index contributed by atoms with van der Waals surface area (Å²) in [7, 11) is 1.64. The third-order valence-corrected chi connectivity index (χ3v) is 6.48. The van der Waals surface area contributed by atoms with Crippen LogP contribution < -0.4 is 4.74 Å². The predicted molar refractivity (Wildman–Crippen MR) is 114 cm³/mol. The van der Waals surface area contributed by atoms with Crippen LogP contribution in [0.1, 0.15) is 49.4 Å². The van der Waals surface area contributed by atoms with Crippen molar-refractivity contribution >= 4 is 22.6 Å². The van der Waals surface area contributed by atoms with E-state index in [9.17, 15) is 9.59 Å². The summed E-state index contributed by atoms with van der Waals surface area (Å²) in [4.78, 5) is 30.4. The molecule has 2 aliphatic rings. The summed E-state index contributed by atoms with van der Waals surface area (Å²) < 4.78 is 5.46. The van der Waals surface area contributed by atoms with Gasteiger partial charge < -0.3 is 14.5 Å². The number of hydrogen-bond acceptors (Lipinski definition) is 3. The van der Waals surface area contributed by atoms with E-state index in [-0.39, 0.29) is 17.7 Å². The standard InChI is InChI=1S/C24H30N2O3/c1-17-8-5-6-15-26(17)23(27)18-9-7-14-25(16-18)24(28)21-12-13-22(29-2)20-11-4-3-10-19(20)21/h3-4,10-13,17-18H,5-9,14-16H2,1-2H3. The number of benzene rings is 2. The molecule has 2 aliphatic heterocycles. The van der Waals surface area contributed by atoms with Gasteiger partial charge in [-0.15, -0.1) is 0 Å². The molecule has 29 heavy (non-hydrogen) atoms. The molecule has 0 spiro atoms. The maximum atomic E-state index is 13.4. The van der Waals surface area contributed by atoms with Gasteiger partial charge in [-0.05, 0) is 56.5 Å². The van der Waals surface area contributed by atoms with E-state index in [1.807, 2.05) is 46.2 Å². The van der Waals surface area contributed by atoms with E-state index in [4.69, 9.17) is 4.74 Å². The summed E-state index contributed by atoms with van der Waals surface area (Å²) in [6.45, 7) is 4.22. The molecular formula is C24H30N2O3. The van der Waals surface area contributed by atoms with E-state index < -0.39 is 0 Å². The number of rotatable bonds is 3. The lowest BCUT2D eigenvalue weighted by Crippen LogP contribution is -2.50. The van der Waals surface area contributed by atoms with Gasteiger partial charge in [-0.25, -0.2) is 0 Å². The molecule has 0 N–H and O–H groups in total. The largest absolute Gasteiger partial charge is 0.496 e. The quantitative estimate of drug-likeness (QED) is 0.787. The second-order valence-electron chi connectivity index (χ2n) is 8.33. The van der Waals surface area contributed by atoms with Crippen LogP contribution in [0.25, 0.3) is 10.8 Å². The molecule has 2 aromatic rings. The van der Waals surface area contributed by atoms with Crippen molar-refractivity contribution in [3.8, 4) is 5.75 Å². The lowest BCUT2D eigenvalue weighted by atomic mass is 9.93. The maximum absolute atomic E-state index is 13.4. The van der Waals surface area contributed by atoms with Crippen LogP contribution in [0, 0.1) is 5.92 Å². The number of carbonyl (C=O) groups is 2. The molecule has 0 bridgehead atoms. The molecule has 2 aromatic carbocycles. The highest BCUT2D eigenvalue weighted by Gasteiger charge is 2.34. The number of piperidine rings is 2. The number of amides is 2. The minimum Gasteiger partial charge on any atom is -0.496 e. The zero-order chi connectivity index (χ0) is 20.4. The number of likely N-dealkylation sites (tertiary alicyclic amines) is 2. The third-order valence-electron chi connectivity index (χ3n) is 6.48. The molecule has 5 nitrogen and oxygen atoms in total. The number of fused-ring (bicyclic) bond motifs is 1. The van der Waals surface area contributed by atoms with Crippen molar-refractivity contribution < 1.29 is 14.3 Å². The monoisotopic (exact) mass is 394 g/mol. The van der Waals surface area contributed by atoms with Gasteiger partial charge in [0.15, 0.2) is 0 Å². The third kappa shape index (κ3) is 3.83. The number of methoxy groups -OCH3 is 1.